The van der Waals surface area contributed by atoms with Crippen LogP contribution in [0.15, 0.2) is 12.1 Å². The van der Waals surface area contributed by atoms with Crippen LogP contribution in [0.2, 0.25) is 0 Å². The van der Waals surface area contributed by atoms with Crippen molar-refractivity contribution in [2.24, 2.45) is 0 Å². The molecule has 0 amide bonds. The molecule has 0 bridgehead atoms. The third kappa shape index (κ3) is 11.3. The number of nitrogens with zero attached hydrogens (tertiary/aromatic N) is 1. The van der Waals surface area contributed by atoms with E-state index in [1.807, 2.05) is 0 Å². The second kappa shape index (κ2) is 17.3. The minimum Gasteiger partial charge on any atom is -0.493 e. The van der Waals surface area contributed by atoms with Crippen molar-refractivity contribution in [1.82, 2.24) is 0 Å². The lowest BCUT2D eigenvalue weighted by atomic mass is 10.0. The summed E-state index contributed by atoms with van der Waals surface area (Å²) in [5, 5.41) is 11.3. The molecule has 182 valence electrons. The van der Waals surface area contributed by atoms with Gasteiger partial charge in [0.1, 0.15) is 6.61 Å². The highest BCUT2D eigenvalue weighted by atomic mass is 16.6. The third-order valence-electron chi connectivity index (χ3n) is 5.65. The molecule has 0 saturated carbocycles. The lowest BCUT2D eigenvalue weighted by molar-refractivity contribution is -0.385. The Hall–Kier alpha value is -2.31. The summed E-state index contributed by atoms with van der Waals surface area (Å²) in [4.78, 5) is 22.8. The zero-order valence-corrected chi connectivity index (χ0v) is 20.2. The van der Waals surface area contributed by atoms with E-state index in [1.165, 1.54) is 90.6 Å². The molecule has 0 heterocycles. The number of hydrogen-bond acceptors (Lipinski definition) is 6. The van der Waals surface area contributed by atoms with E-state index in [4.69, 9.17) is 14.2 Å². The van der Waals surface area contributed by atoms with E-state index >= 15 is 0 Å². The Kier molecular flexibility index (Phi) is 15.0. The van der Waals surface area contributed by atoms with Crippen LogP contribution < -0.4 is 9.47 Å². The lowest BCUT2D eigenvalue weighted by Gasteiger charge is -2.11. The SMILES string of the molecule is CCCCCCCCCCCCCCCC(=O)OCc1cc(OC)c(OC)cc1[N+](=O)[O-]. The Labute approximate surface area is 193 Å². The number of carbonyl (C=O) groups is 1. The first-order valence-electron chi connectivity index (χ1n) is 12.1. The topological polar surface area (TPSA) is 87.9 Å². The Morgan fingerprint density at radius 2 is 1.28 bits per heavy atom. The maximum Gasteiger partial charge on any atom is 0.306 e. The summed E-state index contributed by atoms with van der Waals surface area (Å²) in [5.41, 5.74) is 0.128. The van der Waals surface area contributed by atoms with Crippen LogP contribution in [0.5, 0.6) is 11.5 Å². The fourth-order valence-electron chi connectivity index (χ4n) is 3.71. The van der Waals surface area contributed by atoms with Gasteiger partial charge in [-0.05, 0) is 12.5 Å². The Bertz CT molecular complexity index is 677. The largest absolute Gasteiger partial charge is 0.493 e. The average molecular weight is 452 g/mol. The lowest BCUT2D eigenvalue weighted by Crippen LogP contribution is -2.07. The first-order valence-corrected chi connectivity index (χ1v) is 12.1. The molecule has 1 aromatic rings. The number of methoxy groups -OCH3 is 2. The smallest absolute Gasteiger partial charge is 0.306 e. The van der Waals surface area contributed by atoms with Crippen LogP contribution in [0, 0.1) is 10.1 Å². The van der Waals surface area contributed by atoms with Crippen LogP contribution in [-0.4, -0.2) is 25.1 Å². The second-order valence-electron chi connectivity index (χ2n) is 8.25. The maximum atomic E-state index is 12.0. The molecule has 7 heteroatoms. The maximum absolute atomic E-state index is 12.0. The van der Waals surface area contributed by atoms with Gasteiger partial charge in [-0.15, -0.1) is 0 Å². The van der Waals surface area contributed by atoms with E-state index in [0.29, 0.717) is 12.2 Å². The number of ether oxygens (including phenoxy) is 3. The van der Waals surface area contributed by atoms with Gasteiger partial charge >= 0.3 is 5.97 Å². The molecule has 0 saturated heterocycles. The van der Waals surface area contributed by atoms with Gasteiger partial charge in [-0.1, -0.05) is 84.0 Å². The normalized spacial score (nSPS) is 10.7. The van der Waals surface area contributed by atoms with E-state index in [2.05, 4.69) is 6.92 Å². The fourth-order valence-corrected chi connectivity index (χ4v) is 3.71. The summed E-state index contributed by atoms with van der Waals surface area (Å²) in [6, 6.07) is 2.77. The molecule has 0 N–H and O–H groups in total. The van der Waals surface area contributed by atoms with Crippen molar-refractivity contribution >= 4 is 11.7 Å². The quantitative estimate of drug-likeness (QED) is 0.0961. The molecule has 0 aliphatic heterocycles. The first kappa shape index (κ1) is 27.7. The van der Waals surface area contributed by atoms with Gasteiger partial charge < -0.3 is 14.2 Å². The minimum atomic E-state index is -0.516. The molecule has 32 heavy (non-hydrogen) atoms. The minimum absolute atomic E-state index is 0.156. The van der Waals surface area contributed by atoms with Crippen LogP contribution in [-0.2, 0) is 16.1 Å². The number of hydrogen-bond donors (Lipinski definition) is 0. The van der Waals surface area contributed by atoms with Gasteiger partial charge in [-0.3, -0.25) is 14.9 Å². The van der Waals surface area contributed by atoms with Crippen LogP contribution >= 0.6 is 0 Å². The number of esters is 1. The van der Waals surface area contributed by atoms with Crippen LogP contribution in [0.4, 0.5) is 5.69 Å². The molecule has 0 aromatic heterocycles. The summed E-state index contributed by atoms with van der Waals surface area (Å²) in [6.07, 6.45) is 16.5. The van der Waals surface area contributed by atoms with Gasteiger partial charge in [-0.25, -0.2) is 0 Å². The molecule has 0 aliphatic rings. The summed E-state index contributed by atoms with van der Waals surface area (Å²) in [5.74, 6) is 0.291. The monoisotopic (exact) mass is 451 g/mol. The first-order chi connectivity index (χ1) is 15.5. The van der Waals surface area contributed by atoms with Gasteiger partial charge in [0.15, 0.2) is 11.5 Å². The molecule has 0 unspecified atom stereocenters. The number of nitro benzene ring substituents is 1. The third-order valence-corrected chi connectivity index (χ3v) is 5.65. The van der Waals surface area contributed by atoms with E-state index < -0.39 is 4.92 Å². The second-order valence-corrected chi connectivity index (χ2v) is 8.25. The highest BCUT2D eigenvalue weighted by Gasteiger charge is 2.20. The van der Waals surface area contributed by atoms with Gasteiger partial charge in [0, 0.05) is 6.42 Å². The molecule has 0 spiro atoms. The Balaban J connectivity index is 2.17. The summed E-state index contributed by atoms with van der Waals surface area (Å²) < 4.78 is 15.5. The molecular weight excluding hydrogens is 410 g/mol. The predicted octanol–water partition coefficient (Wildman–Crippen LogP) is 7.14. The number of rotatable bonds is 19. The van der Waals surface area contributed by atoms with Crippen molar-refractivity contribution in [1.29, 1.82) is 0 Å². The zero-order valence-electron chi connectivity index (χ0n) is 20.2. The Morgan fingerprint density at radius 1 is 0.812 bits per heavy atom. The van der Waals surface area contributed by atoms with Gasteiger partial charge in [0.2, 0.25) is 0 Å². The van der Waals surface area contributed by atoms with Crippen LogP contribution in [0.3, 0.4) is 0 Å². The van der Waals surface area contributed by atoms with Crippen LogP contribution in [0.25, 0.3) is 0 Å². The average Bonchev–Trinajstić information content (AvgIpc) is 2.79. The van der Waals surface area contributed by atoms with Gasteiger partial charge in [0.05, 0.1) is 30.8 Å². The van der Waals surface area contributed by atoms with Crippen molar-refractivity contribution in [2.45, 2.75) is 103 Å². The highest BCUT2D eigenvalue weighted by molar-refractivity contribution is 5.69. The molecule has 0 aliphatic carbocycles. The molecule has 1 aromatic carbocycles. The van der Waals surface area contributed by atoms with Crippen molar-refractivity contribution in [3.8, 4) is 11.5 Å². The van der Waals surface area contributed by atoms with E-state index in [1.54, 1.807) is 0 Å². The van der Waals surface area contributed by atoms with Crippen molar-refractivity contribution in [3.05, 3.63) is 27.8 Å². The van der Waals surface area contributed by atoms with Crippen LogP contribution in [0.1, 0.15) is 102 Å². The van der Waals surface area contributed by atoms with E-state index in [0.717, 1.165) is 19.3 Å². The number of unbranched alkanes of at least 4 members (excludes halogenated alkanes) is 12. The van der Waals surface area contributed by atoms with Crippen molar-refractivity contribution in [2.75, 3.05) is 14.2 Å². The number of carbonyl (C=O) groups excluding carboxylic acids is 1. The molecule has 7 nitrogen and oxygen atoms in total. The van der Waals surface area contributed by atoms with E-state index in [9.17, 15) is 14.9 Å². The van der Waals surface area contributed by atoms with Crippen molar-refractivity contribution < 1.29 is 23.9 Å². The zero-order chi connectivity index (χ0) is 23.6. The number of nitro groups is 1. The van der Waals surface area contributed by atoms with Crippen molar-refractivity contribution in [3.63, 3.8) is 0 Å². The summed E-state index contributed by atoms with van der Waals surface area (Å²) in [7, 11) is 2.87. The molecule has 0 radical (unpaired) electrons. The molecule has 0 fully saturated rings. The number of benzene rings is 1. The van der Waals surface area contributed by atoms with Gasteiger partial charge in [0.25, 0.3) is 5.69 Å². The molecule has 1 rings (SSSR count). The predicted molar refractivity (Wildman–Crippen MR) is 126 cm³/mol. The van der Waals surface area contributed by atoms with Gasteiger partial charge in [-0.2, -0.15) is 0 Å². The Morgan fingerprint density at radius 3 is 1.75 bits per heavy atom. The standard InChI is InChI=1S/C25H41NO6/c1-4-5-6-7-8-9-10-11-12-13-14-15-16-17-25(27)32-20-21-18-23(30-2)24(31-3)19-22(21)26(28)29/h18-19H,4-17,20H2,1-3H3. The molecular formula is C25H41NO6. The molecule has 0 atom stereocenters. The summed E-state index contributed by atoms with van der Waals surface area (Å²) >= 11 is 0. The van der Waals surface area contributed by atoms with E-state index in [-0.39, 0.29) is 29.6 Å². The summed E-state index contributed by atoms with van der Waals surface area (Å²) in [6.45, 7) is 2.09. The highest BCUT2D eigenvalue weighted by Crippen LogP contribution is 2.34. The fraction of sp³-hybridized carbons (Fsp3) is 0.720.